The lowest BCUT2D eigenvalue weighted by Gasteiger charge is -2.08. The van der Waals surface area contributed by atoms with E-state index < -0.39 is 16.5 Å². The number of carbonyl (C=O) groups excluding carboxylic acids is 2. The molecular formula is C24H18ClN5O5. The number of nitro groups is 1. The van der Waals surface area contributed by atoms with E-state index in [9.17, 15) is 24.8 Å². The lowest BCUT2D eigenvalue weighted by Crippen LogP contribution is -2.18. The van der Waals surface area contributed by atoms with Crippen LogP contribution in [0.5, 0.6) is 5.88 Å². The topological polar surface area (TPSA) is 139 Å². The van der Waals surface area contributed by atoms with Gasteiger partial charge in [0.15, 0.2) is 5.69 Å². The molecule has 0 spiro atoms. The van der Waals surface area contributed by atoms with Crippen LogP contribution >= 0.6 is 11.6 Å². The van der Waals surface area contributed by atoms with Gasteiger partial charge in [-0.15, -0.1) is 10.2 Å². The minimum atomic E-state index is -0.863. The third kappa shape index (κ3) is 5.02. The van der Waals surface area contributed by atoms with Gasteiger partial charge in [0.2, 0.25) is 11.8 Å². The number of nitro benzene ring substituents is 1. The number of hydrogen-bond donors (Lipinski definition) is 2. The minimum absolute atomic E-state index is 0.0134. The Kier molecular flexibility index (Phi) is 6.56. The molecule has 2 N–H and O–H groups in total. The van der Waals surface area contributed by atoms with E-state index >= 15 is 0 Å². The summed E-state index contributed by atoms with van der Waals surface area (Å²) in [4.78, 5) is 35.5. The summed E-state index contributed by atoms with van der Waals surface area (Å²) in [6.45, 7) is 1.72. The quantitative estimate of drug-likeness (QED) is 0.200. The molecule has 1 aromatic heterocycles. The number of anilines is 1. The first-order chi connectivity index (χ1) is 16.7. The zero-order valence-electron chi connectivity index (χ0n) is 18.3. The van der Waals surface area contributed by atoms with Crippen LogP contribution in [-0.4, -0.2) is 26.4 Å². The number of amides is 2. The molecule has 0 aliphatic heterocycles. The summed E-state index contributed by atoms with van der Waals surface area (Å²) in [5, 5.41) is 32.5. The van der Waals surface area contributed by atoms with Crippen molar-refractivity contribution in [1.82, 2.24) is 4.57 Å². The number of aryl methyl sites for hydroxylation is 1. The Balaban J connectivity index is 1.62. The van der Waals surface area contributed by atoms with Gasteiger partial charge >= 0.3 is 0 Å². The third-order valence-corrected chi connectivity index (χ3v) is 5.50. The van der Waals surface area contributed by atoms with E-state index in [1.165, 1.54) is 16.7 Å². The third-order valence-electron chi connectivity index (χ3n) is 5.19. The molecule has 3 aromatic carbocycles. The number of benzene rings is 3. The van der Waals surface area contributed by atoms with Crippen molar-refractivity contribution in [1.29, 1.82) is 0 Å². The van der Waals surface area contributed by atoms with Gasteiger partial charge in [0.05, 0.1) is 16.0 Å². The fourth-order valence-corrected chi connectivity index (χ4v) is 3.64. The number of halogens is 1. The molecule has 11 heteroatoms. The summed E-state index contributed by atoms with van der Waals surface area (Å²) >= 11 is 5.78. The van der Waals surface area contributed by atoms with Crippen LogP contribution in [0.1, 0.15) is 15.9 Å². The zero-order valence-corrected chi connectivity index (χ0v) is 19.1. The number of aromatic nitrogens is 1. The van der Waals surface area contributed by atoms with Crippen LogP contribution < -0.4 is 5.32 Å². The fraction of sp³-hybridized carbons (Fsp3) is 0.0833. The van der Waals surface area contributed by atoms with Crippen LogP contribution in [0, 0.1) is 17.0 Å². The molecule has 2 amide bonds. The summed E-state index contributed by atoms with van der Waals surface area (Å²) in [6.07, 6.45) is 0. The lowest BCUT2D eigenvalue weighted by molar-refractivity contribution is -0.384. The van der Waals surface area contributed by atoms with Crippen LogP contribution in [0.3, 0.4) is 0 Å². The number of carbonyl (C=O) groups is 2. The molecule has 0 aliphatic carbocycles. The summed E-state index contributed by atoms with van der Waals surface area (Å²) < 4.78 is 1.35. The molecule has 0 saturated heterocycles. The molecule has 176 valence electrons. The first-order valence-corrected chi connectivity index (χ1v) is 10.7. The first kappa shape index (κ1) is 23.6. The molecule has 0 radical (unpaired) electrons. The maximum atomic E-state index is 12.6. The average Bonchev–Trinajstić information content (AvgIpc) is 3.09. The van der Waals surface area contributed by atoms with E-state index in [1.807, 2.05) is 19.1 Å². The number of aromatic hydroxyl groups is 1. The van der Waals surface area contributed by atoms with Gasteiger partial charge < -0.3 is 15.0 Å². The summed E-state index contributed by atoms with van der Waals surface area (Å²) in [6, 6.07) is 17.6. The smallest absolute Gasteiger partial charge is 0.295 e. The molecule has 0 saturated carbocycles. The standard InChI is InChI=1S/C24H18ClN5O5/c1-14-6-9-16(10-7-14)26-21(31)13-29-19-5-3-2-4-17(19)22(24(29)33)27-28-23(32)15-8-11-18(25)20(12-15)30(34)35/h2-12,33H,13H2,1H3,(H,26,31). The van der Waals surface area contributed by atoms with Crippen molar-refractivity contribution in [2.45, 2.75) is 13.5 Å². The first-order valence-electron chi connectivity index (χ1n) is 10.3. The van der Waals surface area contributed by atoms with E-state index in [0.717, 1.165) is 11.6 Å². The monoisotopic (exact) mass is 491 g/mol. The Labute approximate surface area is 203 Å². The van der Waals surface area contributed by atoms with Crippen molar-refractivity contribution in [3.63, 3.8) is 0 Å². The van der Waals surface area contributed by atoms with Crippen molar-refractivity contribution < 1.29 is 19.6 Å². The molecule has 0 unspecified atom stereocenters. The van der Waals surface area contributed by atoms with E-state index in [1.54, 1.807) is 36.4 Å². The number of nitrogens with one attached hydrogen (secondary N) is 1. The van der Waals surface area contributed by atoms with Crippen molar-refractivity contribution in [2.24, 2.45) is 10.2 Å². The molecule has 0 atom stereocenters. The normalized spacial score (nSPS) is 11.1. The van der Waals surface area contributed by atoms with E-state index in [2.05, 4.69) is 15.5 Å². The maximum absolute atomic E-state index is 12.6. The van der Waals surface area contributed by atoms with E-state index in [0.29, 0.717) is 16.6 Å². The van der Waals surface area contributed by atoms with Gasteiger partial charge in [-0.05, 0) is 37.3 Å². The fourth-order valence-electron chi connectivity index (χ4n) is 3.45. The van der Waals surface area contributed by atoms with E-state index in [4.69, 9.17) is 11.6 Å². The number of nitrogens with zero attached hydrogens (tertiary/aromatic N) is 4. The SMILES string of the molecule is Cc1ccc(NC(=O)Cn2c(O)c(N=NC(=O)c3ccc(Cl)c([N+](=O)[O-])c3)c3ccccc32)cc1. The van der Waals surface area contributed by atoms with Gasteiger partial charge in [-0.25, -0.2) is 0 Å². The second-order valence-corrected chi connectivity index (χ2v) is 8.03. The molecule has 0 fully saturated rings. The molecule has 0 aliphatic rings. The highest BCUT2D eigenvalue weighted by atomic mass is 35.5. The van der Waals surface area contributed by atoms with E-state index in [-0.39, 0.29) is 34.6 Å². The van der Waals surface area contributed by atoms with Gasteiger partial charge in [-0.1, -0.05) is 47.5 Å². The maximum Gasteiger partial charge on any atom is 0.295 e. The van der Waals surface area contributed by atoms with Gasteiger partial charge in [0.25, 0.3) is 11.6 Å². The van der Waals surface area contributed by atoms with Gasteiger partial charge in [-0.2, -0.15) is 0 Å². The Hall–Kier alpha value is -4.57. The highest BCUT2D eigenvalue weighted by Crippen LogP contribution is 2.39. The molecule has 10 nitrogen and oxygen atoms in total. The molecule has 35 heavy (non-hydrogen) atoms. The number of rotatable bonds is 6. The van der Waals surface area contributed by atoms with Crippen molar-refractivity contribution in [3.05, 3.63) is 93.0 Å². The predicted molar refractivity (Wildman–Crippen MR) is 130 cm³/mol. The molecule has 1 heterocycles. The lowest BCUT2D eigenvalue weighted by atomic mass is 10.2. The summed E-state index contributed by atoms with van der Waals surface area (Å²) in [5.74, 6) is -1.60. The highest BCUT2D eigenvalue weighted by molar-refractivity contribution is 6.32. The average molecular weight is 492 g/mol. The highest BCUT2D eigenvalue weighted by Gasteiger charge is 2.20. The van der Waals surface area contributed by atoms with Crippen LogP contribution in [0.2, 0.25) is 5.02 Å². The molecule has 4 aromatic rings. The number of hydrogen-bond acceptors (Lipinski definition) is 6. The number of para-hydroxylation sites is 1. The van der Waals surface area contributed by atoms with Gasteiger partial charge in [0, 0.05) is 17.1 Å². The minimum Gasteiger partial charge on any atom is -0.493 e. The molecule has 4 rings (SSSR count). The zero-order chi connectivity index (χ0) is 25.1. The molecule has 0 bridgehead atoms. The van der Waals surface area contributed by atoms with Crippen molar-refractivity contribution in [2.75, 3.05) is 5.32 Å². The van der Waals surface area contributed by atoms with Crippen LogP contribution in [-0.2, 0) is 11.3 Å². The largest absolute Gasteiger partial charge is 0.493 e. The summed E-state index contributed by atoms with van der Waals surface area (Å²) in [7, 11) is 0. The Bertz CT molecular complexity index is 1490. The van der Waals surface area contributed by atoms with Gasteiger partial charge in [-0.3, -0.25) is 19.7 Å². The van der Waals surface area contributed by atoms with Crippen LogP contribution in [0.15, 0.2) is 77.0 Å². The Morgan fingerprint density at radius 3 is 2.54 bits per heavy atom. The van der Waals surface area contributed by atoms with Crippen LogP contribution in [0.25, 0.3) is 10.9 Å². The second kappa shape index (κ2) is 9.74. The molecular weight excluding hydrogens is 474 g/mol. The number of azo groups is 1. The summed E-state index contributed by atoms with van der Waals surface area (Å²) in [5.41, 5.74) is 1.62. The Morgan fingerprint density at radius 1 is 1.11 bits per heavy atom. The van der Waals surface area contributed by atoms with Crippen LogP contribution in [0.4, 0.5) is 17.1 Å². The van der Waals surface area contributed by atoms with Crippen molar-refractivity contribution >= 4 is 51.4 Å². The second-order valence-electron chi connectivity index (χ2n) is 7.62. The van der Waals surface area contributed by atoms with Crippen molar-refractivity contribution in [3.8, 4) is 5.88 Å². The Morgan fingerprint density at radius 2 is 1.83 bits per heavy atom. The van der Waals surface area contributed by atoms with Gasteiger partial charge in [0.1, 0.15) is 11.6 Å². The predicted octanol–water partition coefficient (Wildman–Crippen LogP) is 5.78. The number of fused-ring (bicyclic) bond motifs is 1.